The lowest BCUT2D eigenvalue weighted by Crippen LogP contribution is -2.22. The molecule has 1 aliphatic rings. The summed E-state index contributed by atoms with van der Waals surface area (Å²) in [7, 11) is 0. The van der Waals surface area contributed by atoms with E-state index in [9.17, 15) is 0 Å². The van der Waals surface area contributed by atoms with Crippen molar-refractivity contribution < 1.29 is 0 Å². The Morgan fingerprint density at radius 3 is 1.46 bits per heavy atom. The maximum absolute atomic E-state index is 2.51. The molecule has 1 heteroatoms. The molecule has 0 heterocycles. The van der Waals surface area contributed by atoms with Gasteiger partial charge in [-0.15, -0.1) is 0 Å². The molecule has 65 heavy (non-hydrogen) atoms. The normalized spacial score (nSPS) is 14.0. The highest BCUT2D eigenvalue weighted by molar-refractivity contribution is 6.22. The van der Waals surface area contributed by atoms with Crippen molar-refractivity contribution in [3.8, 4) is 55.6 Å². The Hall–Kier alpha value is -8.26. The van der Waals surface area contributed by atoms with Gasteiger partial charge in [0.2, 0.25) is 0 Å². The highest BCUT2D eigenvalue weighted by Gasteiger charge is 2.42. The average molecular weight is 828 g/mol. The van der Waals surface area contributed by atoms with Crippen molar-refractivity contribution in [1.29, 1.82) is 0 Å². The van der Waals surface area contributed by atoms with Crippen LogP contribution in [0.15, 0.2) is 255 Å². The van der Waals surface area contributed by atoms with E-state index >= 15 is 0 Å². The predicted octanol–water partition coefficient (Wildman–Crippen LogP) is 17.5. The minimum atomic E-state index is -0.336. The van der Waals surface area contributed by atoms with Gasteiger partial charge in [0, 0.05) is 22.2 Å². The second-order valence-corrected chi connectivity index (χ2v) is 17.3. The molecule has 12 rings (SSSR count). The zero-order valence-electron chi connectivity index (χ0n) is 36.2. The van der Waals surface area contributed by atoms with E-state index in [4.69, 9.17) is 0 Å². The van der Waals surface area contributed by atoms with E-state index in [-0.39, 0.29) is 5.41 Å². The molecule has 11 aromatic rings. The summed E-state index contributed by atoms with van der Waals surface area (Å²) in [5.41, 5.74) is 19.1. The Labute approximate surface area is 381 Å². The first-order valence-corrected chi connectivity index (χ1v) is 22.6. The van der Waals surface area contributed by atoms with Crippen LogP contribution in [0, 0.1) is 0 Å². The fourth-order valence-electron chi connectivity index (χ4n) is 10.7. The maximum Gasteiger partial charge on any atom is 0.0543 e. The molecule has 1 aliphatic carbocycles. The quantitative estimate of drug-likeness (QED) is 0.138. The number of fused-ring (bicyclic) bond motifs is 6. The minimum Gasteiger partial charge on any atom is -0.309 e. The van der Waals surface area contributed by atoms with Crippen LogP contribution in [-0.2, 0) is 5.41 Å². The number of nitrogens with zero attached hydrogens (tertiary/aromatic N) is 1. The molecule has 0 saturated carbocycles. The molecule has 0 radical (unpaired) electrons. The van der Waals surface area contributed by atoms with Crippen LogP contribution < -0.4 is 4.90 Å². The van der Waals surface area contributed by atoms with Crippen molar-refractivity contribution in [3.63, 3.8) is 0 Å². The topological polar surface area (TPSA) is 3.24 Å². The van der Waals surface area contributed by atoms with Gasteiger partial charge in [0.05, 0.1) is 11.4 Å². The SMILES string of the molecule is CC1(c2ccccc2)c2ccccc2-c2c(N(c3ccc(-c4ccccc4)cc3)c3ccccc3-c3ccc4c(c3)c(-c3ccccc3)c(-c3ccccc3)c3ccccc34)cccc21. The summed E-state index contributed by atoms with van der Waals surface area (Å²) in [4.78, 5) is 2.51. The molecule has 0 bridgehead atoms. The van der Waals surface area contributed by atoms with Gasteiger partial charge in [-0.3, -0.25) is 0 Å². The third kappa shape index (κ3) is 6.31. The van der Waals surface area contributed by atoms with E-state index in [1.807, 2.05) is 0 Å². The lowest BCUT2D eigenvalue weighted by atomic mass is 9.74. The van der Waals surface area contributed by atoms with Gasteiger partial charge in [0.15, 0.2) is 0 Å². The van der Waals surface area contributed by atoms with E-state index in [1.54, 1.807) is 0 Å². The molecular formula is C64H45N. The predicted molar refractivity (Wildman–Crippen MR) is 275 cm³/mol. The fraction of sp³-hybridized carbons (Fsp3) is 0.0312. The Morgan fingerprint density at radius 2 is 0.769 bits per heavy atom. The van der Waals surface area contributed by atoms with Gasteiger partial charge < -0.3 is 4.90 Å². The van der Waals surface area contributed by atoms with Crippen LogP contribution in [0.25, 0.3) is 77.2 Å². The largest absolute Gasteiger partial charge is 0.309 e. The Balaban J connectivity index is 1.13. The second-order valence-electron chi connectivity index (χ2n) is 17.3. The number of benzene rings is 11. The summed E-state index contributed by atoms with van der Waals surface area (Å²) >= 11 is 0. The molecule has 0 fully saturated rings. The lowest BCUT2D eigenvalue weighted by Gasteiger charge is -2.31. The third-order valence-electron chi connectivity index (χ3n) is 13.7. The van der Waals surface area contributed by atoms with Gasteiger partial charge in [-0.25, -0.2) is 0 Å². The maximum atomic E-state index is 2.51. The van der Waals surface area contributed by atoms with Crippen molar-refractivity contribution in [2.24, 2.45) is 0 Å². The molecule has 0 spiro atoms. The van der Waals surface area contributed by atoms with Crippen molar-refractivity contribution in [2.75, 3.05) is 4.90 Å². The van der Waals surface area contributed by atoms with Gasteiger partial charge in [-0.1, -0.05) is 224 Å². The standard InChI is InChI=1S/C64H45N/c1-64(49-27-12-5-13-28-49)57-33-18-16-32-55(57)63-58(64)34-20-36-60(63)65(50-40-37-45(38-41-50)44-21-6-2-7-22-44)59-35-19-17-29-51(59)48-39-42-53-52-30-14-15-31-54(52)61(46-23-8-3-9-24-46)62(56(53)43-48)47-25-10-4-11-26-47/h2-43H,1H3. The van der Waals surface area contributed by atoms with E-state index in [1.165, 1.54) is 82.7 Å². The summed E-state index contributed by atoms with van der Waals surface area (Å²) in [6, 6.07) is 93.6. The molecule has 0 N–H and O–H groups in total. The Morgan fingerprint density at radius 1 is 0.292 bits per heavy atom. The summed E-state index contributed by atoms with van der Waals surface area (Å²) in [6.45, 7) is 2.40. The molecule has 306 valence electrons. The third-order valence-corrected chi connectivity index (χ3v) is 13.7. The lowest BCUT2D eigenvalue weighted by molar-refractivity contribution is 0.714. The van der Waals surface area contributed by atoms with Crippen molar-refractivity contribution >= 4 is 38.6 Å². The van der Waals surface area contributed by atoms with E-state index in [2.05, 4.69) is 267 Å². The smallest absolute Gasteiger partial charge is 0.0543 e. The number of hydrogen-bond donors (Lipinski definition) is 0. The first kappa shape index (κ1) is 38.4. The zero-order valence-corrected chi connectivity index (χ0v) is 36.2. The van der Waals surface area contributed by atoms with Crippen LogP contribution in [0.1, 0.15) is 23.6 Å². The van der Waals surface area contributed by atoms with Crippen LogP contribution in [0.2, 0.25) is 0 Å². The number of para-hydroxylation sites is 1. The van der Waals surface area contributed by atoms with Crippen LogP contribution >= 0.6 is 0 Å². The molecule has 0 aliphatic heterocycles. The van der Waals surface area contributed by atoms with Crippen LogP contribution in [0.4, 0.5) is 17.1 Å². The van der Waals surface area contributed by atoms with Crippen molar-refractivity contribution in [1.82, 2.24) is 0 Å². The van der Waals surface area contributed by atoms with E-state index in [0.29, 0.717) is 0 Å². The molecule has 1 nitrogen and oxygen atoms in total. The fourth-order valence-corrected chi connectivity index (χ4v) is 10.7. The van der Waals surface area contributed by atoms with Crippen molar-refractivity contribution in [2.45, 2.75) is 12.3 Å². The number of hydrogen-bond acceptors (Lipinski definition) is 1. The van der Waals surface area contributed by atoms with Gasteiger partial charge >= 0.3 is 0 Å². The van der Waals surface area contributed by atoms with Crippen LogP contribution in [0.5, 0.6) is 0 Å². The number of rotatable bonds is 8. The van der Waals surface area contributed by atoms with Gasteiger partial charge in [-0.05, 0) is 120 Å². The Bertz CT molecular complexity index is 3520. The Kier molecular flexibility index (Phi) is 9.35. The average Bonchev–Trinajstić information content (AvgIpc) is 3.66. The second kappa shape index (κ2) is 15.8. The molecule has 0 amide bonds. The summed E-state index contributed by atoms with van der Waals surface area (Å²) in [5.74, 6) is 0. The molecule has 1 atom stereocenters. The highest BCUT2D eigenvalue weighted by Crippen LogP contribution is 2.57. The van der Waals surface area contributed by atoms with Crippen molar-refractivity contribution in [3.05, 3.63) is 271 Å². The summed E-state index contributed by atoms with van der Waals surface area (Å²) in [5, 5.41) is 4.98. The molecule has 0 saturated heterocycles. The van der Waals surface area contributed by atoms with E-state index in [0.717, 1.165) is 28.2 Å². The van der Waals surface area contributed by atoms with Gasteiger partial charge in [0.1, 0.15) is 0 Å². The minimum absolute atomic E-state index is 0.336. The molecule has 1 unspecified atom stereocenters. The summed E-state index contributed by atoms with van der Waals surface area (Å²) < 4.78 is 0. The molecular weight excluding hydrogens is 783 g/mol. The zero-order chi connectivity index (χ0) is 43.3. The van der Waals surface area contributed by atoms with E-state index < -0.39 is 0 Å². The molecule has 11 aromatic carbocycles. The van der Waals surface area contributed by atoms with Crippen LogP contribution in [0.3, 0.4) is 0 Å². The molecule has 0 aromatic heterocycles. The first-order valence-electron chi connectivity index (χ1n) is 22.6. The van der Waals surface area contributed by atoms with Gasteiger partial charge in [-0.2, -0.15) is 0 Å². The summed E-state index contributed by atoms with van der Waals surface area (Å²) in [6.07, 6.45) is 0. The van der Waals surface area contributed by atoms with Gasteiger partial charge in [0.25, 0.3) is 0 Å². The monoisotopic (exact) mass is 827 g/mol. The first-order chi connectivity index (χ1) is 32.2. The highest BCUT2D eigenvalue weighted by atomic mass is 15.1. The van der Waals surface area contributed by atoms with Crippen LogP contribution in [-0.4, -0.2) is 0 Å². The number of anilines is 3.